The van der Waals surface area contributed by atoms with Gasteiger partial charge in [-0.15, -0.1) is 15.3 Å². The number of halogens is 1. The molecule has 6 heteroatoms. The molecule has 5 aromatic rings. The number of fused-ring (bicyclic) bond motifs is 1. The molecule has 0 spiro atoms. The van der Waals surface area contributed by atoms with E-state index < -0.39 is 5.95 Å². The van der Waals surface area contributed by atoms with Gasteiger partial charge < -0.3 is 4.98 Å². The Hall–Kier alpha value is -4.32. The minimum Gasteiger partial charge on any atom is -0.328 e. The summed E-state index contributed by atoms with van der Waals surface area (Å²) < 4.78 is 14.4. The molecule has 0 amide bonds. The molecule has 0 atom stereocenters. The number of allylic oxidation sites excluding steroid dienone is 1. The van der Waals surface area contributed by atoms with E-state index in [1.165, 1.54) is 17.6 Å². The fraction of sp³-hybridized carbons (Fsp3) is 0.138. The minimum atomic E-state index is -0.473. The van der Waals surface area contributed by atoms with Crippen molar-refractivity contribution in [3.63, 3.8) is 0 Å². The second kappa shape index (κ2) is 9.14. The van der Waals surface area contributed by atoms with Gasteiger partial charge in [0, 0.05) is 0 Å². The zero-order chi connectivity index (χ0) is 23.6. The third-order valence-electron chi connectivity index (χ3n) is 6.74. The maximum atomic E-state index is 14.4. The maximum Gasteiger partial charge on any atom is 0.240 e. The van der Waals surface area contributed by atoms with Gasteiger partial charge in [-0.3, -0.25) is 5.10 Å². The molecule has 1 fully saturated rings. The lowest BCUT2D eigenvalue weighted by Crippen LogP contribution is -2.15. The van der Waals surface area contributed by atoms with Crippen molar-refractivity contribution in [2.24, 2.45) is 5.92 Å². The molecule has 35 heavy (non-hydrogen) atoms. The molecule has 0 radical (unpaired) electrons. The van der Waals surface area contributed by atoms with Crippen molar-refractivity contribution >= 4 is 34.2 Å². The largest absolute Gasteiger partial charge is 0.328 e. The molecule has 2 aromatic heterocycles. The van der Waals surface area contributed by atoms with Crippen molar-refractivity contribution < 1.29 is 4.39 Å². The van der Waals surface area contributed by atoms with E-state index in [-0.39, 0.29) is 0 Å². The zero-order valence-corrected chi connectivity index (χ0v) is 19.1. The van der Waals surface area contributed by atoms with Gasteiger partial charge in [-0.05, 0) is 70.4 Å². The highest BCUT2D eigenvalue weighted by atomic mass is 19.1. The molecular weight excluding hydrogens is 437 g/mol. The predicted molar refractivity (Wildman–Crippen MR) is 138 cm³/mol. The smallest absolute Gasteiger partial charge is 0.240 e. The summed E-state index contributed by atoms with van der Waals surface area (Å²) in [5.74, 6) is 0.712. The molecular formula is C29H24FN5. The topological polar surface area (TPSA) is 70.2 Å². The van der Waals surface area contributed by atoms with E-state index in [0.717, 1.165) is 35.1 Å². The third kappa shape index (κ3) is 4.19. The van der Waals surface area contributed by atoms with E-state index in [0.29, 0.717) is 22.6 Å². The summed E-state index contributed by atoms with van der Waals surface area (Å²) in [5, 5.41) is 14.8. The average Bonchev–Trinajstić information content (AvgIpc) is 3.52. The van der Waals surface area contributed by atoms with E-state index in [1.807, 2.05) is 30.4 Å². The minimum absolute atomic E-state index is 0.473. The van der Waals surface area contributed by atoms with Crippen LogP contribution in [0.25, 0.3) is 34.2 Å². The molecule has 5 nitrogen and oxygen atoms in total. The number of nitrogens with zero attached hydrogens (tertiary/aromatic N) is 3. The zero-order valence-electron chi connectivity index (χ0n) is 19.1. The number of H-pyrrole nitrogens is 2. The van der Waals surface area contributed by atoms with Crippen LogP contribution < -0.4 is 0 Å². The van der Waals surface area contributed by atoms with Gasteiger partial charge in [-0.2, -0.15) is 4.39 Å². The summed E-state index contributed by atoms with van der Waals surface area (Å²) in [4.78, 5) is 2.98. The van der Waals surface area contributed by atoms with Gasteiger partial charge >= 0.3 is 0 Å². The summed E-state index contributed by atoms with van der Waals surface area (Å²) in [6.07, 6.45) is 9.02. The van der Waals surface area contributed by atoms with Gasteiger partial charge in [0.25, 0.3) is 0 Å². The van der Waals surface area contributed by atoms with E-state index in [9.17, 15) is 4.39 Å². The molecule has 0 saturated heterocycles. The van der Waals surface area contributed by atoms with Crippen LogP contribution in [0.3, 0.4) is 0 Å². The van der Waals surface area contributed by atoms with Gasteiger partial charge in [-0.1, -0.05) is 73.2 Å². The Morgan fingerprint density at radius 2 is 1.69 bits per heavy atom. The number of aromatic nitrogens is 5. The Morgan fingerprint density at radius 1 is 0.886 bits per heavy atom. The SMILES string of the molecule is Fc1n[nH]c2ccc(/C(=C(/c3ccccc3)C3CCC3)c3ccc(/C=C/c4nnc[nH]4)cc3)cc12. The molecule has 0 aliphatic heterocycles. The Kier molecular flexibility index (Phi) is 5.54. The first kappa shape index (κ1) is 21.2. The van der Waals surface area contributed by atoms with Crippen LogP contribution >= 0.6 is 0 Å². The third-order valence-corrected chi connectivity index (χ3v) is 6.74. The highest BCUT2D eigenvalue weighted by Gasteiger charge is 2.27. The second-order valence-corrected chi connectivity index (χ2v) is 8.89. The van der Waals surface area contributed by atoms with Gasteiger partial charge in [-0.25, -0.2) is 0 Å². The number of hydrogen-bond donors (Lipinski definition) is 2. The molecule has 2 heterocycles. The lowest BCUT2D eigenvalue weighted by Gasteiger charge is -2.31. The van der Waals surface area contributed by atoms with Gasteiger partial charge in [0.15, 0.2) is 5.82 Å². The summed E-state index contributed by atoms with van der Waals surface area (Å²) >= 11 is 0. The summed E-state index contributed by atoms with van der Waals surface area (Å²) in [6, 6.07) is 25.0. The van der Waals surface area contributed by atoms with Crippen molar-refractivity contribution in [3.05, 3.63) is 113 Å². The van der Waals surface area contributed by atoms with Crippen LogP contribution in [0.15, 0.2) is 79.1 Å². The molecule has 1 aliphatic rings. The van der Waals surface area contributed by atoms with E-state index in [1.54, 1.807) is 6.33 Å². The van der Waals surface area contributed by atoms with Crippen molar-refractivity contribution in [1.82, 2.24) is 25.4 Å². The highest BCUT2D eigenvalue weighted by Crippen LogP contribution is 2.45. The first-order chi connectivity index (χ1) is 17.3. The van der Waals surface area contributed by atoms with Crippen molar-refractivity contribution in [2.45, 2.75) is 19.3 Å². The van der Waals surface area contributed by atoms with Crippen LogP contribution in [-0.2, 0) is 0 Å². The van der Waals surface area contributed by atoms with Gasteiger partial charge in [0.05, 0.1) is 10.9 Å². The summed E-state index contributed by atoms with van der Waals surface area (Å²) in [6.45, 7) is 0. The maximum absolute atomic E-state index is 14.4. The molecule has 1 saturated carbocycles. The lowest BCUT2D eigenvalue weighted by atomic mass is 9.73. The number of benzene rings is 3. The van der Waals surface area contributed by atoms with Gasteiger partial charge in [0.2, 0.25) is 5.95 Å². The molecule has 6 rings (SSSR count). The van der Waals surface area contributed by atoms with Crippen molar-refractivity contribution in [1.29, 1.82) is 0 Å². The summed E-state index contributed by atoms with van der Waals surface area (Å²) in [7, 11) is 0. The Bertz CT molecular complexity index is 1510. The number of aromatic amines is 2. The lowest BCUT2D eigenvalue weighted by molar-refractivity contribution is 0.401. The first-order valence-electron chi connectivity index (χ1n) is 11.8. The normalized spacial score (nSPS) is 14.9. The molecule has 0 bridgehead atoms. The van der Waals surface area contributed by atoms with E-state index in [2.05, 4.69) is 80.0 Å². The molecule has 2 N–H and O–H groups in total. The fourth-order valence-corrected chi connectivity index (χ4v) is 4.75. The van der Waals surface area contributed by atoms with Crippen molar-refractivity contribution in [3.8, 4) is 0 Å². The van der Waals surface area contributed by atoms with Crippen molar-refractivity contribution in [2.75, 3.05) is 0 Å². The number of rotatable bonds is 6. The van der Waals surface area contributed by atoms with E-state index >= 15 is 0 Å². The van der Waals surface area contributed by atoms with Crippen LogP contribution in [0.4, 0.5) is 4.39 Å². The Labute approximate surface area is 202 Å². The molecule has 3 aromatic carbocycles. The quantitative estimate of drug-likeness (QED) is 0.275. The highest BCUT2D eigenvalue weighted by molar-refractivity contribution is 6.01. The van der Waals surface area contributed by atoms with Crippen LogP contribution in [0.1, 0.15) is 47.3 Å². The van der Waals surface area contributed by atoms with Crippen LogP contribution in [0.5, 0.6) is 0 Å². The van der Waals surface area contributed by atoms with E-state index in [4.69, 9.17) is 0 Å². The molecule has 1 aliphatic carbocycles. The second-order valence-electron chi connectivity index (χ2n) is 8.89. The average molecular weight is 462 g/mol. The first-order valence-corrected chi connectivity index (χ1v) is 11.8. The number of nitrogens with one attached hydrogen (secondary N) is 2. The monoisotopic (exact) mass is 461 g/mol. The summed E-state index contributed by atoms with van der Waals surface area (Å²) in [5.41, 5.74) is 7.55. The van der Waals surface area contributed by atoms with Gasteiger partial charge in [0.1, 0.15) is 6.33 Å². The Morgan fingerprint density at radius 3 is 2.40 bits per heavy atom. The number of hydrogen-bond acceptors (Lipinski definition) is 3. The predicted octanol–water partition coefficient (Wildman–Crippen LogP) is 6.75. The van der Waals surface area contributed by atoms with Crippen LogP contribution in [0, 0.1) is 11.9 Å². The van der Waals surface area contributed by atoms with Crippen LogP contribution in [-0.4, -0.2) is 25.4 Å². The molecule has 0 unspecified atom stereocenters. The fourth-order valence-electron chi connectivity index (χ4n) is 4.75. The Balaban J connectivity index is 1.51. The van der Waals surface area contributed by atoms with Crippen LogP contribution in [0.2, 0.25) is 0 Å². The standard InChI is InChI=1S/C29H24FN5/c30-29-24-17-23(14-15-25(24)33-35-29)28(27(21-7-4-8-21)20-5-2-1-3-6-20)22-12-9-19(10-13-22)11-16-26-31-18-32-34-26/h1-3,5-6,9-18,21H,4,7-8H2,(H,33,35)(H,31,32,34)/b16-11+,28-27-. The molecule has 172 valence electrons.